The van der Waals surface area contributed by atoms with E-state index >= 15 is 0 Å². The van der Waals surface area contributed by atoms with Gasteiger partial charge in [0.2, 0.25) is 0 Å². The van der Waals surface area contributed by atoms with Crippen LogP contribution in [0.4, 0.5) is 16.3 Å². The molecule has 0 fully saturated rings. The lowest BCUT2D eigenvalue weighted by atomic mass is 10.0. The topological polar surface area (TPSA) is 188 Å². The van der Waals surface area contributed by atoms with Crippen molar-refractivity contribution in [2.24, 2.45) is 16.8 Å². The molecule has 0 aliphatic carbocycles. The maximum Gasteiger partial charge on any atom is 0.412 e. The van der Waals surface area contributed by atoms with Crippen molar-refractivity contribution in [2.45, 2.75) is 25.8 Å². The zero-order valence-corrected chi connectivity index (χ0v) is 25.4. The normalized spacial score (nSPS) is 14.1. The number of hydrazone groups is 1. The summed E-state index contributed by atoms with van der Waals surface area (Å²) in [6.45, 7) is 3.86. The highest BCUT2D eigenvalue weighted by Gasteiger charge is 2.28. The molecule has 1 aliphatic heterocycles. The fraction of sp³-hybridized carbons (Fsp3) is 0.300. The second-order valence-electron chi connectivity index (χ2n) is 10.0. The first-order valence-corrected chi connectivity index (χ1v) is 14.7. The lowest BCUT2D eigenvalue weighted by Crippen LogP contribution is -2.30. The van der Waals surface area contributed by atoms with Gasteiger partial charge in [-0.05, 0) is 61.7 Å². The van der Waals surface area contributed by atoms with Crippen LogP contribution in [0, 0.1) is 0 Å². The molecule has 6 N–H and O–H groups in total. The summed E-state index contributed by atoms with van der Waals surface area (Å²) in [6, 6.07) is 11.9. The molecule has 45 heavy (non-hydrogen) atoms. The molecule has 1 aliphatic rings. The van der Waals surface area contributed by atoms with E-state index < -0.39 is 6.09 Å². The molecule has 0 saturated heterocycles. The molecule has 236 valence electrons. The SMILES string of the molecule is CCOCCOCCOC(=O)Nc1ccc(-c2cnc([C@@H]3CCc4cc(-c5cc(Cl)ccc5N(N)/C=N\N)cc(=O)n43)[nH]2)cn1. The molecular formula is C30H34ClN9O5. The van der Waals surface area contributed by atoms with Crippen molar-refractivity contribution in [2.75, 3.05) is 43.4 Å². The average Bonchev–Trinajstić information content (AvgIpc) is 3.69. The number of aromatic amines is 1. The van der Waals surface area contributed by atoms with Gasteiger partial charge in [-0.1, -0.05) is 11.6 Å². The molecule has 3 aromatic heterocycles. The summed E-state index contributed by atoms with van der Waals surface area (Å²) in [4.78, 5) is 37.7. The number of fused-ring (bicyclic) bond motifs is 1. The number of rotatable bonds is 13. The van der Waals surface area contributed by atoms with Crippen molar-refractivity contribution in [3.8, 4) is 22.4 Å². The van der Waals surface area contributed by atoms with E-state index in [1.807, 2.05) is 13.0 Å². The number of carbonyl (C=O) groups is 1. The minimum absolute atomic E-state index is 0.111. The third-order valence-corrected chi connectivity index (χ3v) is 7.36. The summed E-state index contributed by atoms with van der Waals surface area (Å²) in [6.07, 6.45) is 5.33. The Balaban J connectivity index is 1.25. The molecule has 4 heterocycles. The van der Waals surface area contributed by atoms with Crippen LogP contribution in [0.1, 0.15) is 30.9 Å². The summed E-state index contributed by atoms with van der Waals surface area (Å²) in [5.74, 6) is 12.4. The monoisotopic (exact) mass is 635 g/mol. The van der Waals surface area contributed by atoms with Crippen LogP contribution >= 0.6 is 11.6 Å². The predicted octanol–water partition coefficient (Wildman–Crippen LogP) is 3.67. The van der Waals surface area contributed by atoms with Gasteiger partial charge < -0.3 is 29.6 Å². The number of hydrogen-bond acceptors (Lipinski definition) is 10. The van der Waals surface area contributed by atoms with Crippen LogP contribution < -0.4 is 27.6 Å². The van der Waals surface area contributed by atoms with Gasteiger partial charge in [0.05, 0.1) is 43.4 Å². The Morgan fingerprint density at radius 3 is 2.73 bits per heavy atom. The minimum atomic E-state index is -0.627. The van der Waals surface area contributed by atoms with Gasteiger partial charge in [0, 0.05) is 40.7 Å². The number of H-pyrrole nitrogens is 1. The second-order valence-corrected chi connectivity index (χ2v) is 10.5. The number of ether oxygens (including phenoxy) is 3. The van der Waals surface area contributed by atoms with Crippen molar-refractivity contribution >= 4 is 35.5 Å². The molecule has 0 unspecified atom stereocenters. The number of nitrogens with one attached hydrogen (secondary N) is 2. The first kappa shape index (κ1) is 31.7. The number of carbonyl (C=O) groups excluding carboxylic acids is 1. The van der Waals surface area contributed by atoms with Crippen LogP contribution in [0.2, 0.25) is 5.02 Å². The summed E-state index contributed by atoms with van der Waals surface area (Å²) >= 11 is 6.28. The highest BCUT2D eigenvalue weighted by Crippen LogP contribution is 2.35. The Hall–Kier alpha value is -4.76. The van der Waals surface area contributed by atoms with Crippen molar-refractivity contribution in [1.29, 1.82) is 0 Å². The van der Waals surface area contributed by atoms with Gasteiger partial charge in [-0.3, -0.25) is 15.1 Å². The molecule has 4 aromatic rings. The summed E-state index contributed by atoms with van der Waals surface area (Å²) in [5.41, 5.74) is 4.12. The van der Waals surface area contributed by atoms with E-state index in [1.54, 1.807) is 53.4 Å². The Morgan fingerprint density at radius 2 is 1.96 bits per heavy atom. The van der Waals surface area contributed by atoms with Gasteiger partial charge in [0.1, 0.15) is 24.6 Å². The Morgan fingerprint density at radius 1 is 1.13 bits per heavy atom. The van der Waals surface area contributed by atoms with Crippen molar-refractivity contribution in [1.82, 2.24) is 19.5 Å². The molecule has 14 nitrogen and oxygen atoms in total. The first-order valence-electron chi connectivity index (χ1n) is 14.3. The number of benzene rings is 1. The number of nitrogens with zero attached hydrogens (tertiary/aromatic N) is 5. The maximum absolute atomic E-state index is 13.4. The third kappa shape index (κ3) is 7.67. The Bertz CT molecular complexity index is 1710. The Kier molecular flexibility index (Phi) is 10.4. The number of nitrogens with two attached hydrogens (primary N) is 2. The smallest absolute Gasteiger partial charge is 0.412 e. The number of amides is 1. The lowest BCUT2D eigenvalue weighted by Gasteiger charge is -2.18. The lowest BCUT2D eigenvalue weighted by molar-refractivity contribution is 0.0333. The molecule has 1 aromatic carbocycles. The number of aryl methyl sites for hydroxylation is 1. The van der Waals surface area contributed by atoms with Crippen LogP contribution in [0.25, 0.3) is 22.4 Å². The number of hydrazine groups is 1. The van der Waals surface area contributed by atoms with E-state index in [0.29, 0.717) is 66.1 Å². The quantitative estimate of drug-likeness (QED) is 0.0555. The fourth-order valence-electron chi connectivity index (χ4n) is 5.09. The number of anilines is 2. The summed E-state index contributed by atoms with van der Waals surface area (Å²) in [7, 11) is 0. The number of halogens is 1. The molecule has 15 heteroatoms. The second kappa shape index (κ2) is 14.8. The highest BCUT2D eigenvalue weighted by molar-refractivity contribution is 6.31. The number of aromatic nitrogens is 4. The molecule has 0 saturated carbocycles. The molecule has 0 radical (unpaired) electrons. The third-order valence-electron chi connectivity index (χ3n) is 7.13. The van der Waals surface area contributed by atoms with Gasteiger partial charge in [-0.15, -0.1) is 0 Å². The zero-order chi connectivity index (χ0) is 31.8. The summed E-state index contributed by atoms with van der Waals surface area (Å²) < 4.78 is 17.4. The van der Waals surface area contributed by atoms with E-state index in [4.69, 9.17) is 37.5 Å². The molecule has 5 rings (SSSR count). The zero-order valence-electron chi connectivity index (χ0n) is 24.6. The largest absolute Gasteiger partial charge is 0.447 e. The van der Waals surface area contributed by atoms with Crippen LogP contribution in [0.5, 0.6) is 0 Å². The molecule has 0 bridgehead atoms. The van der Waals surface area contributed by atoms with Gasteiger partial charge >= 0.3 is 6.09 Å². The predicted molar refractivity (Wildman–Crippen MR) is 171 cm³/mol. The van der Waals surface area contributed by atoms with Gasteiger partial charge in [0.15, 0.2) is 0 Å². The minimum Gasteiger partial charge on any atom is -0.447 e. The number of imidazole rings is 1. The molecule has 1 atom stereocenters. The van der Waals surface area contributed by atoms with Gasteiger partial charge in [0.25, 0.3) is 5.56 Å². The van der Waals surface area contributed by atoms with Crippen LogP contribution in [-0.4, -0.2) is 65.0 Å². The standard InChI is InChI=1S/C30H34ClN9O5/c1-2-43-9-10-44-11-12-45-30(42)38-27-8-3-19(16-34-27)24-17-35-29(37-24)26-7-5-22-13-20(14-28(41)40(22)26)23-15-21(31)4-6-25(23)39(33)18-36-32/h3-4,6,8,13-18,26H,2,5,7,9-12,32-33H2,1H3,(H,35,37)(H,34,38,42)/b36-18-/t26-/m0/s1. The van der Waals surface area contributed by atoms with E-state index in [2.05, 4.69) is 25.4 Å². The van der Waals surface area contributed by atoms with Crippen molar-refractivity contribution in [3.05, 3.63) is 81.8 Å². The van der Waals surface area contributed by atoms with Gasteiger partial charge in [-0.25, -0.2) is 20.6 Å². The molecule has 1 amide bonds. The van der Waals surface area contributed by atoms with Gasteiger partial charge in [-0.2, -0.15) is 5.10 Å². The highest BCUT2D eigenvalue weighted by atomic mass is 35.5. The van der Waals surface area contributed by atoms with E-state index in [1.165, 1.54) is 11.3 Å². The Labute approximate surface area is 263 Å². The first-order chi connectivity index (χ1) is 21.9. The maximum atomic E-state index is 13.4. The number of hydrogen-bond donors (Lipinski definition) is 4. The fourth-order valence-corrected chi connectivity index (χ4v) is 5.26. The van der Waals surface area contributed by atoms with E-state index in [-0.39, 0.29) is 24.8 Å². The van der Waals surface area contributed by atoms with Crippen LogP contribution in [-0.2, 0) is 20.6 Å². The van der Waals surface area contributed by atoms with E-state index in [9.17, 15) is 9.59 Å². The van der Waals surface area contributed by atoms with E-state index in [0.717, 1.165) is 17.0 Å². The molecule has 0 spiro atoms. The van der Waals surface area contributed by atoms with Crippen LogP contribution in [0.15, 0.2) is 64.8 Å². The average molecular weight is 636 g/mol. The van der Waals surface area contributed by atoms with Crippen LogP contribution in [0.3, 0.4) is 0 Å². The summed E-state index contributed by atoms with van der Waals surface area (Å²) in [5, 5.41) is 7.85. The molecular weight excluding hydrogens is 602 g/mol. The van der Waals surface area contributed by atoms with Crippen molar-refractivity contribution < 1.29 is 19.0 Å². The van der Waals surface area contributed by atoms with Crippen molar-refractivity contribution in [3.63, 3.8) is 0 Å². The number of pyridine rings is 2.